The molecule has 1 unspecified atom stereocenters. The zero-order valence-corrected chi connectivity index (χ0v) is 14.5. The molecule has 1 atom stereocenters. The lowest BCUT2D eigenvalue weighted by molar-refractivity contribution is 0.236. The minimum atomic E-state index is -0.219. The summed E-state index contributed by atoms with van der Waals surface area (Å²) in [5.41, 5.74) is 1.13. The second-order valence-corrected chi connectivity index (χ2v) is 6.20. The van der Waals surface area contributed by atoms with Crippen LogP contribution in [-0.4, -0.2) is 25.7 Å². The number of furan rings is 1. The summed E-state index contributed by atoms with van der Waals surface area (Å²) in [7, 11) is 0. The summed E-state index contributed by atoms with van der Waals surface area (Å²) in [6.07, 6.45) is 1.65. The molecule has 0 saturated heterocycles. The molecule has 0 spiro atoms. The van der Waals surface area contributed by atoms with Crippen LogP contribution in [0, 0.1) is 0 Å². The molecule has 0 aliphatic carbocycles. The lowest BCUT2D eigenvalue weighted by Gasteiger charge is -2.15. The summed E-state index contributed by atoms with van der Waals surface area (Å²) in [6, 6.07) is 15.1. The zero-order valence-electron chi connectivity index (χ0n) is 13.7. The second kappa shape index (κ2) is 8.94. The van der Waals surface area contributed by atoms with Gasteiger partial charge in [-0.3, -0.25) is 0 Å². The number of carbonyl (C=O) groups excluding carboxylic acids is 1. The molecule has 130 valence electrons. The Hall–Kier alpha value is -2.73. The lowest BCUT2D eigenvalue weighted by atomic mass is 9.99. The Morgan fingerprint density at radius 3 is 2.72 bits per heavy atom. The first kappa shape index (κ1) is 17.1. The van der Waals surface area contributed by atoms with Crippen LogP contribution < -0.4 is 15.4 Å². The van der Waals surface area contributed by atoms with Crippen molar-refractivity contribution in [2.75, 3.05) is 19.7 Å². The van der Waals surface area contributed by atoms with Crippen LogP contribution in [-0.2, 0) is 0 Å². The highest BCUT2D eigenvalue weighted by Crippen LogP contribution is 2.26. The summed E-state index contributed by atoms with van der Waals surface area (Å²) in [4.78, 5) is 12.0. The predicted molar refractivity (Wildman–Crippen MR) is 98.2 cm³/mol. The fourth-order valence-electron chi connectivity index (χ4n) is 2.45. The van der Waals surface area contributed by atoms with Gasteiger partial charge in [0.05, 0.1) is 18.7 Å². The van der Waals surface area contributed by atoms with Crippen molar-refractivity contribution in [3.63, 3.8) is 0 Å². The molecule has 2 heterocycles. The van der Waals surface area contributed by atoms with Crippen LogP contribution in [0.4, 0.5) is 4.79 Å². The van der Waals surface area contributed by atoms with Crippen molar-refractivity contribution < 1.29 is 13.9 Å². The zero-order chi connectivity index (χ0) is 17.3. The first-order valence-electron chi connectivity index (χ1n) is 8.08. The molecule has 0 aliphatic rings. The van der Waals surface area contributed by atoms with E-state index in [1.807, 2.05) is 53.9 Å². The van der Waals surface area contributed by atoms with Crippen LogP contribution in [0.5, 0.6) is 5.75 Å². The van der Waals surface area contributed by atoms with E-state index in [-0.39, 0.29) is 11.9 Å². The average Bonchev–Trinajstić information content (AvgIpc) is 3.34. The van der Waals surface area contributed by atoms with E-state index in [1.165, 1.54) is 0 Å². The Balaban J connectivity index is 1.43. The van der Waals surface area contributed by atoms with E-state index in [9.17, 15) is 4.79 Å². The number of carbonyl (C=O) groups is 1. The van der Waals surface area contributed by atoms with Crippen molar-refractivity contribution in [2.24, 2.45) is 0 Å². The minimum Gasteiger partial charge on any atom is -0.492 e. The quantitative estimate of drug-likeness (QED) is 0.603. The van der Waals surface area contributed by atoms with Crippen LogP contribution in [0.25, 0.3) is 0 Å². The van der Waals surface area contributed by atoms with Crippen LogP contribution in [0.1, 0.15) is 17.2 Å². The van der Waals surface area contributed by atoms with Gasteiger partial charge in [-0.15, -0.1) is 0 Å². The van der Waals surface area contributed by atoms with Crippen LogP contribution in [0.2, 0.25) is 0 Å². The van der Waals surface area contributed by atoms with E-state index in [0.717, 1.165) is 17.1 Å². The number of para-hydroxylation sites is 1. The molecule has 0 radical (unpaired) electrons. The summed E-state index contributed by atoms with van der Waals surface area (Å²) >= 11 is 1.63. The molecule has 1 aromatic carbocycles. The molecule has 3 aromatic rings. The number of amides is 2. The molecule has 2 amide bonds. The van der Waals surface area contributed by atoms with E-state index in [2.05, 4.69) is 16.0 Å². The van der Waals surface area contributed by atoms with Gasteiger partial charge in [-0.25, -0.2) is 4.79 Å². The number of nitrogens with one attached hydrogen (secondary N) is 2. The van der Waals surface area contributed by atoms with Crippen molar-refractivity contribution >= 4 is 17.4 Å². The van der Waals surface area contributed by atoms with Crippen LogP contribution in [0.15, 0.2) is 70.0 Å². The maximum absolute atomic E-state index is 12.0. The van der Waals surface area contributed by atoms with Gasteiger partial charge < -0.3 is 19.8 Å². The van der Waals surface area contributed by atoms with Crippen LogP contribution in [0.3, 0.4) is 0 Å². The monoisotopic (exact) mass is 356 g/mol. The Kier molecular flexibility index (Phi) is 6.11. The van der Waals surface area contributed by atoms with Crippen molar-refractivity contribution in [2.45, 2.75) is 5.92 Å². The molecule has 2 N–H and O–H groups in total. The molecule has 0 fully saturated rings. The van der Waals surface area contributed by atoms with Gasteiger partial charge in [0.25, 0.3) is 0 Å². The fourth-order valence-corrected chi connectivity index (χ4v) is 3.17. The molecule has 2 aromatic heterocycles. The number of benzene rings is 1. The molecule has 3 rings (SSSR count). The summed E-state index contributed by atoms with van der Waals surface area (Å²) < 4.78 is 11.1. The summed E-state index contributed by atoms with van der Waals surface area (Å²) in [5, 5.41) is 9.78. The van der Waals surface area contributed by atoms with E-state index < -0.39 is 0 Å². The fraction of sp³-hybridized carbons (Fsp3) is 0.211. The number of urea groups is 1. The first-order valence-corrected chi connectivity index (χ1v) is 9.02. The highest BCUT2D eigenvalue weighted by atomic mass is 32.1. The Morgan fingerprint density at radius 2 is 2.00 bits per heavy atom. The molecule has 0 bridgehead atoms. The molecule has 25 heavy (non-hydrogen) atoms. The molecular formula is C19H20N2O3S. The SMILES string of the molecule is O=C(NCCOc1ccccc1)NCC(c1ccsc1)c1ccco1. The average molecular weight is 356 g/mol. The van der Waals surface area contributed by atoms with Crippen molar-refractivity contribution in [3.05, 3.63) is 76.9 Å². The lowest BCUT2D eigenvalue weighted by Crippen LogP contribution is -2.39. The second-order valence-electron chi connectivity index (χ2n) is 5.42. The third kappa shape index (κ3) is 5.12. The van der Waals surface area contributed by atoms with Gasteiger partial charge in [0.2, 0.25) is 0 Å². The largest absolute Gasteiger partial charge is 0.492 e. The standard InChI is InChI=1S/C19H20N2O3S/c22-19(20-9-11-23-16-5-2-1-3-6-16)21-13-17(15-8-12-25-14-15)18-7-4-10-24-18/h1-8,10,12,14,17H,9,11,13H2,(H2,20,21,22). The minimum absolute atomic E-state index is 0.00701. The van der Waals surface area contributed by atoms with Crippen molar-refractivity contribution in [1.82, 2.24) is 10.6 Å². The summed E-state index contributed by atoms with van der Waals surface area (Å²) in [5.74, 6) is 1.64. The van der Waals surface area contributed by atoms with Crippen molar-refractivity contribution in [1.29, 1.82) is 0 Å². The van der Waals surface area contributed by atoms with Gasteiger partial charge in [0.15, 0.2) is 0 Å². The predicted octanol–water partition coefficient (Wildman–Crippen LogP) is 3.85. The van der Waals surface area contributed by atoms with E-state index >= 15 is 0 Å². The summed E-state index contributed by atoms with van der Waals surface area (Å²) in [6.45, 7) is 1.32. The molecular weight excluding hydrogens is 336 g/mol. The smallest absolute Gasteiger partial charge is 0.314 e. The van der Waals surface area contributed by atoms with E-state index in [4.69, 9.17) is 9.15 Å². The Bertz CT molecular complexity index is 708. The van der Waals surface area contributed by atoms with Gasteiger partial charge in [-0.05, 0) is 46.7 Å². The maximum atomic E-state index is 12.0. The third-order valence-corrected chi connectivity index (χ3v) is 4.40. The van der Waals surface area contributed by atoms with Gasteiger partial charge in [-0.1, -0.05) is 18.2 Å². The first-order chi connectivity index (χ1) is 12.3. The molecule has 0 saturated carbocycles. The maximum Gasteiger partial charge on any atom is 0.314 e. The van der Waals surface area contributed by atoms with E-state index in [0.29, 0.717) is 19.7 Å². The van der Waals surface area contributed by atoms with Crippen molar-refractivity contribution in [3.8, 4) is 5.75 Å². The normalized spacial score (nSPS) is 11.7. The van der Waals surface area contributed by atoms with Crippen LogP contribution >= 0.6 is 11.3 Å². The van der Waals surface area contributed by atoms with E-state index in [1.54, 1.807) is 17.6 Å². The molecule has 0 aliphatic heterocycles. The highest BCUT2D eigenvalue weighted by molar-refractivity contribution is 7.08. The van der Waals surface area contributed by atoms with Gasteiger partial charge >= 0.3 is 6.03 Å². The van der Waals surface area contributed by atoms with Gasteiger partial charge in [0, 0.05) is 6.54 Å². The highest BCUT2D eigenvalue weighted by Gasteiger charge is 2.18. The number of ether oxygens (including phenoxy) is 1. The molecule has 6 heteroatoms. The number of rotatable bonds is 8. The topological polar surface area (TPSA) is 63.5 Å². The number of hydrogen-bond acceptors (Lipinski definition) is 4. The van der Waals surface area contributed by atoms with Gasteiger partial charge in [-0.2, -0.15) is 11.3 Å². The number of thiophene rings is 1. The Labute approximate surface area is 150 Å². The number of hydrogen-bond donors (Lipinski definition) is 2. The van der Waals surface area contributed by atoms with Gasteiger partial charge in [0.1, 0.15) is 18.1 Å². The Morgan fingerprint density at radius 1 is 1.12 bits per heavy atom. The third-order valence-electron chi connectivity index (χ3n) is 3.70. The molecule has 5 nitrogen and oxygen atoms in total.